The monoisotopic (exact) mass is 348 g/mol. The van der Waals surface area contributed by atoms with Gasteiger partial charge in [0.05, 0.1) is 46.2 Å². The number of rotatable bonds is 17. The summed E-state index contributed by atoms with van der Waals surface area (Å²) in [6.07, 6.45) is 2.19. The zero-order valence-electron chi connectivity index (χ0n) is 14.9. The molecule has 0 aromatic rings. The second kappa shape index (κ2) is 18.1. The van der Waals surface area contributed by atoms with Crippen molar-refractivity contribution in [2.24, 2.45) is 0 Å². The van der Waals surface area contributed by atoms with Crippen LogP contribution in [0.15, 0.2) is 0 Å². The predicted octanol–water partition coefficient (Wildman–Crippen LogP) is 0.105. The van der Waals surface area contributed by atoms with E-state index in [2.05, 4.69) is 17.6 Å². The molecule has 0 aromatic carbocycles. The summed E-state index contributed by atoms with van der Waals surface area (Å²) in [5, 5.41) is 5.84. The Morgan fingerprint density at radius 3 is 2.21 bits per heavy atom. The second-order valence-electron chi connectivity index (χ2n) is 4.96. The van der Waals surface area contributed by atoms with E-state index in [4.69, 9.17) is 18.9 Å². The van der Waals surface area contributed by atoms with E-state index in [-0.39, 0.29) is 18.5 Å². The van der Waals surface area contributed by atoms with Crippen LogP contribution in [0.1, 0.15) is 26.7 Å². The normalized spacial score (nSPS) is 10.6. The third kappa shape index (κ3) is 17.1. The van der Waals surface area contributed by atoms with E-state index < -0.39 is 0 Å². The summed E-state index contributed by atoms with van der Waals surface area (Å²) >= 11 is 0. The first-order valence-electron chi connectivity index (χ1n) is 8.57. The molecule has 0 radical (unpaired) electrons. The largest absolute Gasteiger partial charge is 0.464 e. The Labute approximate surface area is 144 Å². The minimum Gasteiger partial charge on any atom is -0.464 e. The van der Waals surface area contributed by atoms with Crippen molar-refractivity contribution in [1.82, 2.24) is 10.6 Å². The first kappa shape index (κ1) is 22.8. The van der Waals surface area contributed by atoms with Crippen LogP contribution in [0.25, 0.3) is 0 Å². The van der Waals surface area contributed by atoms with Gasteiger partial charge in [0.25, 0.3) is 0 Å². The molecule has 0 aromatic heterocycles. The third-order valence-corrected chi connectivity index (χ3v) is 2.83. The third-order valence-electron chi connectivity index (χ3n) is 2.83. The summed E-state index contributed by atoms with van der Waals surface area (Å²) in [7, 11) is 0. The van der Waals surface area contributed by atoms with Gasteiger partial charge in [-0.15, -0.1) is 0 Å². The number of carbonyl (C=O) groups excluding carboxylic acids is 2. The summed E-state index contributed by atoms with van der Waals surface area (Å²) in [6.45, 7) is 7.90. The molecule has 142 valence electrons. The van der Waals surface area contributed by atoms with Gasteiger partial charge in [0, 0.05) is 6.54 Å². The lowest BCUT2D eigenvalue weighted by Gasteiger charge is -2.08. The number of ether oxygens (including phenoxy) is 4. The first-order chi connectivity index (χ1) is 11.7. The Hall–Kier alpha value is -1.22. The molecule has 24 heavy (non-hydrogen) atoms. The van der Waals surface area contributed by atoms with Crippen LogP contribution in [0.5, 0.6) is 0 Å². The summed E-state index contributed by atoms with van der Waals surface area (Å²) in [4.78, 5) is 22.4. The van der Waals surface area contributed by atoms with E-state index in [1.54, 1.807) is 6.92 Å². The molecule has 0 unspecified atom stereocenters. The highest BCUT2D eigenvalue weighted by Gasteiger charge is 2.01. The molecule has 0 bridgehead atoms. The van der Waals surface area contributed by atoms with Gasteiger partial charge in [0.1, 0.15) is 6.61 Å². The molecule has 2 N–H and O–H groups in total. The number of carbonyl (C=O) groups is 2. The van der Waals surface area contributed by atoms with Crippen molar-refractivity contribution in [2.45, 2.75) is 26.7 Å². The number of esters is 1. The summed E-state index contributed by atoms with van der Waals surface area (Å²) in [5.74, 6) is -0.395. The lowest BCUT2D eigenvalue weighted by Crippen LogP contribution is -2.36. The highest BCUT2D eigenvalue weighted by Crippen LogP contribution is 1.84. The standard InChI is InChI=1S/C16H32N2O6/c1-3-5-6-17-13-15(19)18-7-8-21-9-10-22-11-12-23-14-16(20)24-4-2/h17H,3-14H2,1-2H3,(H,18,19). The molecule has 8 heteroatoms. The Balaban J connectivity index is 3.17. The first-order valence-corrected chi connectivity index (χ1v) is 8.57. The van der Waals surface area contributed by atoms with Gasteiger partial charge in [-0.25, -0.2) is 4.79 Å². The molecule has 1 amide bonds. The molecular weight excluding hydrogens is 316 g/mol. The summed E-state index contributed by atoms with van der Waals surface area (Å²) in [5.41, 5.74) is 0. The summed E-state index contributed by atoms with van der Waals surface area (Å²) in [6, 6.07) is 0. The van der Waals surface area contributed by atoms with Gasteiger partial charge in [-0.2, -0.15) is 0 Å². The minimum atomic E-state index is -0.372. The zero-order chi connectivity index (χ0) is 17.9. The molecule has 0 fully saturated rings. The van der Waals surface area contributed by atoms with E-state index in [0.29, 0.717) is 52.7 Å². The van der Waals surface area contributed by atoms with Gasteiger partial charge in [0.2, 0.25) is 5.91 Å². The van der Waals surface area contributed by atoms with Crippen LogP contribution in [0, 0.1) is 0 Å². The van der Waals surface area contributed by atoms with Crippen molar-refractivity contribution in [3.63, 3.8) is 0 Å². The summed E-state index contributed by atoms with van der Waals surface area (Å²) < 4.78 is 20.4. The van der Waals surface area contributed by atoms with Crippen molar-refractivity contribution in [2.75, 3.05) is 65.9 Å². The van der Waals surface area contributed by atoms with Gasteiger partial charge >= 0.3 is 5.97 Å². The van der Waals surface area contributed by atoms with E-state index in [9.17, 15) is 9.59 Å². The van der Waals surface area contributed by atoms with E-state index >= 15 is 0 Å². The van der Waals surface area contributed by atoms with Gasteiger partial charge in [-0.3, -0.25) is 4.79 Å². The Morgan fingerprint density at radius 1 is 0.875 bits per heavy atom. The van der Waals surface area contributed by atoms with Gasteiger partial charge in [-0.05, 0) is 19.9 Å². The van der Waals surface area contributed by atoms with Crippen LogP contribution in [-0.2, 0) is 28.5 Å². The molecule has 0 aliphatic rings. The zero-order valence-corrected chi connectivity index (χ0v) is 14.9. The maximum atomic E-state index is 11.4. The van der Waals surface area contributed by atoms with E-state index in [1.807, 2.05) is 0 Å². The molecule has 0 saturated heterocycles. The topological polar surface area (TPSA) is 95.1 Å². The fraction of sp³-hybridized carbons (Fsp3) is 0.875. The molecule has 8 nitrogen and oxygen atoms in total. The smallest absolute Gasteiger partial charge is 0.332 e. The molecule has 0 heterocycles. The lowest BCUT2D eigenvalue weighted by atomic mass is 10.3. The average Bonchev–Trinajstić information content (AvgIpc) is 2.57. The maximum Gasteiger partial charge on any atom is 0.332 e. The van der Waals surface area contributed by atoms with Crippen LogP contribution in [0.3, 0.4) is 0 Å². The van der Waals surface area contributed by atoms with Gasteiger partial charge in [0.15, 0.2) is 0 Å². The van der Waals surface area contributed by atoms with Crippen LogP contribution >= 0.6 is 0 Å². The van der Waals surface area contributed by atoms with Crippen LogP contribution < -0.4 is 10.6 Å². The van der Waals surface area contributed by atoms with Crippen molar-refractivity contribution >= 4 is 11.9 Å². The Kier molecular flexibility index (Phi) is 17.2. The molecule has 0 saturated carbocycles. The predicted molar refractivity (Wildman–Crippen MR) is 89.9 cm³/mol. The molecule has 0 spiro atoms. The van der Waals surface area contributed by atoms with Crippen molar-refractivity contribution in [1.29, 1.82) is 0 Å². The van der Waals surface area contributed by atoms with Crippen molar-refractivity contribution in [3.05, 3.63) is 0 Å². The highest BCUT2D eigenvalue weighted by atomic mass is 16.6. The second-order valence-corrected chi connectivity index (χ2v) is 4.96. The van der Waals surface area contributed by atoms with Crippen molar-refractivity contribution in [3.8, 4) is 0 Å². The van der Waals surface area contributed by atoms with Gasteiger partial charge in [-0.1, -0.05) is 13.3 Å². The lowest BCUT2D eigenvalue weighted by molar-refractivity contribution is -0.149. The highest BCUT2D eigenvalue weighted by molar-refractivity contribution is 5.77. The van der Waals surface area contributed by atoms with Crippen LogP contribution in [0.4, 0.5) is 0 Å². The average molecular weight is 348 g/mol. The Bertz CT molecular complexity index is 315. The Morgan fingerprint density at radius 2 is 1.54 bits per heavy atom. The number of hydrogen-bond donors (Lipinski definition) is 2. The van der Waals surface area contributed by atoms with Crippen LogP contribution in [-0.4, -0.2) is 77.8 Å². The van der Waals surface area contributed by atoms with E-state index in [0.717, 1.165) is 19.4 Å². The van der Waals surface area contributed by atoms with Crippen molar-refractivity contribution < 1.29 is 28.5 Å². The minimum absolute atomic E-state index is 0.0234. The number of unbranched alkanes of at least 4 members (excludes halogenated alkanes) is 1. The fourth-order valence-corrected chi connectivity index (χ4v) is 1.63. The SMILES string of the molecule is CCCCNCC(=O)NCCOCCOCCOCC(=O)OCC. The number of amides is 1. The molecule has 0 atom stereocenters. The molecule has 0 rings (SSSR count). The fourth-order valence-electron chi connectivity index (χ4n) is 1.63. The molecule has 0 aliphatic heterocycles. The number of nitrogens with one attached hydrogen (secondary N) is 2. The quantitative estimate of drug-likeness (QED) is 0.284. The maximum absolute atomic E-state index is 11.4. The van der Waals surface area contributed by atoms with Gasteiger partial charge < -0.3 is 29.6 Å². The number of hydrogen-bond acceptors (Lipinski definition) is 7. The molecule has 0 aliphatic carbocycles. The van der Waals surface area contributed by atoms with E-state index in [1.165, 1.54) is 0 Å². The molecular formula is C16H32N2O6. The van der Waals surface area contributed by atoms with Crippen LogP contribution in [0.2, 0.25) is 0 Å².